The maximum Gasteiger partial charge on any atom is 0.257 e. The lowest BCUT2D eigenvalue weighted by atomic mass is 10.1. The number of phenols is 2. The summed E-state index contributed by atoms with van der Waals surface area (Å²) in [5, 5.41) is 19.2. The van der Waals surface area contributed by atoms with Crippen molar-refractivity contribution in [3.8, 4) is 11.5 Å². The number of thioether (sulfide) groups is 1. The Labute approximate surface area is 159 Å². The van der Waals surface area contributed by atoms with Crippen LogP contribution in [0.5, 0.6) is 11.5 Å². The molecule has 0 radical (unpaired) electrons. The van der Waals surface area contributed by atoms with Crippen molar-refractivity contribution in [3.05, 3.63) is 42.0 Å². The molecule has 0 spiro atoms. The summed E-state index contributed by atoms with van der Waals surface area (Å²) in [6.07, 6.45) is 0. The summed E-state index contributed by atoms with van der Waals surface area (Å²) >= 11 is 1.02. The van der Waals surface area contributed by atoms with Gasteiger partial charge in [-0.25, -0.2) is 17.7 Å². The van der Waals surface area contributed by atoms with Crippen molar-refractivity contribution >= 4 is 38.7 Å². The topological polar surface area (TPSA) is 121 Å². The highest BCUT2D eigenvalue weighted by atomic mass is 32.2. The Morgan fingerprint density at radius 3 is 2.59 bits per heavy atom. The smallest absolute Gasteiger partial charge is 0.257 e. The molecule has 0 saturated carbocycles. The second kappa shape index (κ2) is 7.22. The van der Waals surface area contributed by atoms with Gasteiger partial charge in [0.1, 0.15) is 17.0 Å². The molecule has 0 bridgehead atoms. The van der Waals surface area contributed by atoms with E-state index >= 15 is 0 Å². The van der Waals surface area contributed by atoms with Crippen LogP contribution in [0.1, 0.15) is 10.4 Å². The Morgan fingerprint density at radius 1 is 1.19 bits per heavy atom. The number of hydrogen-bond acceptors (Lipinski definition) is 8. The maximum atomic E-state index is 12.2. The van der Waals surface area contributed by atoms with Crippen LogP contribution in [-0.4, -0.2) is 53.6 Å². The number of Topliss-reactive ketones (excluding diaryl/α,β-unsaturated/α-hetero) is 1. The molecule has 0 unspecified atom stereocenters. The molecule has 1 heterocycles. The van der Waals surface area contributed by atoms with Gasteiger partial charge < -0.3 is 14.6 Å². The summed E-state index contributed by atoms with van der Waals surface area (Å²) in [6, 6.07) is 8.07. The summed E-state index contributed by atoms with van der Waals surface area (Å²) < 4.78 is 31.0. The number of oxazole rings is 1. The molecule has 10 heteroatoms. The van der Waals surface area contributed by atoms with Crippen molar-refractivity contribution in [1.29, 1.82) is 0 Å². The van der Waals surface area contributed by atoms with E-state index in [9.17, 15) is 23.4 Å². The number of hydrogen-bond donors (Lipinski definition) is 2. The molecule has 0 amide bonds. The number of aromatic nitrogens is 1. The molecule has 0 aliphatic carbocycles. The summed E-state index contributed by atoms with van der Waals surface area (Å²) in [4.78, 5) is 16.5. The average Bonchev–Trinajstić information content (AvgIpc) is 3.01. The minimum Gasteiger partial charge on any atom is -0.508 e. The molecule has 0 aliphatic rings. The van der Waals surface area contributed by atoms with E-state index in [2.05, 4.69) is 4.98 Å². The van der Waals surface area contributed by atoms with Gasteiger partial charge in [0.05, 0.1) is 16.2 Å². The van der Waals surface area contributed by atoms with Crippen LogP contribution in [0.3, 0.4) is 0 Å². The highest BCUT2D eigenvalue weighted by Crippen LogP contribution is 2.28. The summed E-state index contributed by atoms with van der Waals surface area (Å²) in [5.74, 6) is -0.861. The van der Waals surface area contributed by atoms with Gasteiger partial charge in [0.15, 0.2) is 11.4 Å². The first kappa shape index (κ1) is 19.2. The lowest BCUT2D eigenvalue weighted by molar-refractivity contribution is 0.101. The molecule has 2 aromatic carbocycles. The summed E-state index contributed by atoms with van der Waals surface area (Å²) in [6.45, 7) is 0. The number of rotatable bonds is 6. The number of carbonyl (C=O) groups excluding carboxylic acids is 1. The fourth-order valence-electron chi connectivity index (χ4n) is 2.28. The molecule has 27 heavy (non-hydrogen) atoms. The lowest BCUT2D eigenvalue weighted by Gasteiger charge is -2.10. The van der Waals surface area contributed by atoms with E-state index in [1.165, 1.54) is 44.4 Å². The molecule has 0 fully saturated rings. The van der Waals surface area contributed by atoms with Crippen LogP contribution in [0.15, 0.2) is 50.9 Å². The van der Waals surface area contributed by atoms with E-state index in [1.807, 2.05) is 0 Å². The van der Waals surface area contributed by atoms with Crippen LogP contribution in [0.2, 0.25) is 0 Å². The van der Waals surface area contributed by atoms with Gasteiger partial charge in [0.25, 0.3) is 5.22 Å². The molecule has 2 N–H and O–H groups in total. The van der Waals surface area contributed by atoms with Crippen LogP contribution >= 0.6 is 11.8 Å². The molecule has 0 saturated heterocycles. The van der Waals surface area contributed by atoms with Gasteiger partial charge in [-0.3, -0.25) is 4.79 Å². The molecule has 3 rings (SSSR count). The van der Waals surface area contributed by atoms with Crippen LogP contribution in [-0.2, 0) is 10.0 Å². The fraction of sp³-hybridized carbons (Fsp3) is 0.176. The molecular weight excluding hydrogens is 392 g/mol. The van der Waals surface area contributed by atoms with E-state index < -0.39 is 10.0 Å². The molecule has 0 aliphatic heterocycles. The molecule has 0 atom stereocenters. The number of fused-ring (bicyclic) bond motifs is 1. The number of aromatic hydroxyl groups is 2. The number of phenolic OH excluding ortho intramolecular Hbond substituents is 2. The van der Waals surface area contributed by atoms with Gasteiger partial charge in [-0.2, -0.15) is 0 Å². The first-order valence-corrected chi connectivity index (χ1v) is 10.1. The van der Waals surface area contributed by atoms with Crippen LogP contribution < -0.4 is 0 Å². The van der Waals surface area contributed by atoms with Gasteiger partial charge in [0.2, 0.25) is 10.0 Å². The molecule has 142 valence electrons. The Kier molecular flexibility index (Phi) is 5.13. The van der Waals surface area contributed by atoms with Crippen molar-refractivity contribution in [2.24, 2.45) is 0 Å². The van der Waals surface area contributed by atoms with Gasteiger partial charge in [-0.1, -0.05) is 11.8 Å². The van der Waals surface area contributed by atoms with Crippen molar-refractivity contribution in [2.75, 3.05) is 19.8 Å². The van der Waals surface area contributed by atoms with Crippen molar-refractivity contribution in [3.63, 3.8) is 0 Å². The molecule has 1 aromatic heterocycles. The SMILES string of the molecule is CN(C)S(=O)(=O)c1ccc2oc(SCC(=O)c3ccc(O)cc3O)nc2c1. The third kappa shape index (κ3) is 3.92. The van der Waals surface area contributed by atoms with Gasteiger partial charge in [-0.05, 0) is 30.3 Å². The Bertz CT molecular complexity index is 1120. The fourth-order valence-corrected chi connectivity index (χ4v) is 3.92. The number of nitrogens with zero attached hydrogens (tertiary/aromatic N) is 2. The van der Waals surface area contributed by atoms with E-state index in [0.29, 0.717) is 11.1 Å². The Hall–Kier alpha value is -2.56. The second-order valence-electron chi connectivity index (χ2n) is 5.81. The molecule has 8 nitrogen and oxygen atoms in total. The third-order valence-electron chi connectivity index (χ3n) is 3.73. The minimum absolute atomic E-state index is 0.0476. The Morgan fingerprint density at radius 2 is 1.93 bits per heavy atom. The van der Waals surface area contributed by atoms with Crippen molar-refractivity contribution < 1.29 is 27.8 Å². The number of benzene rings is 2. The summed E-state index contributed by atoms with van der Waals surface area (Å²) in [7, 11) is -0.710. The monoisotopic (exact) mass is 408 g/mol. The number of sulfonamides is 1. The predicted molar refractivity (Wildman–Crippen MR) is 99.7 cm³/mol. The first-order chi connectivity index (χ1) is 12.7. The van der Waals surface area contributed by atoms with Gasteiger partial charge in [0, 0.05) is 20.2 Å². The van der Waals surface area contributed by atoms with E-state index in [-0.39, 0.29) is 38.7 Å². The van der Waals surface area contributed by atoms with Crippen molar-refractivity contribution in [2.45, 2.75) is 10.1 Å². The quantitative estimate of drug-likeness (QED) is 0.471. The highest BCUT2D eigenvalue weighted by Gasteiger charge is 2.19. The van der Waals surface area contributed by atoms with Crippen LogP contribution in [0.4, 0.5) is 0 Å². The average molecular weight is 408 g/mol. The number of ketones is 1. The Balaban J connectivity index is 1.79. The lowest BCUT2D eigenvalue weighted by Crippen LogP contribution is -2.22. The zero-order valence-corrected chi connectivity index (χ0v) is 16.0. The van der Waals surface area contributed by atoms with Crippen LogP contribution in [0, 0.1) is 0 Å². The van der Waals surface area contributed by atoms with Gasteiger partial charge >= 0.3 is 0 Å². The van der Waals surface area contributed by atoms with Crippen LogP contribution in [0.25, 0.3) is 11.1 Å². The zero-order chi connectivity index (χ0) is 19.8. The number of carbonyl (C=O) groups is 1. The molecular formula is C17H16N2O6S2. The van der Waals surface area contributed by atoms with E-state index in [0.717, 1.165) is 22.1 Å². The molecule has 3 aromatic rings. The summed E-state index contributed by atoms with van der Waals surface area (Å²) in [5.41, 5.74) is 0.839. The maximum absolute atomic E-state index is 12.2. The van der Waals surface area contributed by atoms with E-state index in [4.69, 9.17) is 4.42 Å². The van der Waals surface area contributed by atoms with Gasteiger partial charge in [-0.15, -0.1) is 0 Å². The first-order valence-electron chi connectivity index (χ1n) is 7.69. The zero-order valence-electron chi connectivity index (χ0n) is 14.4. The second-order valence-corrected chi connectivity index (χ2v) is 8.89. The predicted octanol–water partition coefficient (Wildman–Crippen LogP) is 2.46. The largest absolute Gasteiger partial charge is 0.508 e. The minimum atomic E-state index is -3.59. The normalized spacial score (nSPS) is 12.0. The standard InChI is InChI=1S/C17H16N2O6S2/c1-19(2)27(23,24)11-4-6-16-13(8-11)18-17(25-16)26-9-15(22)12-5-3-10(20)7-14(12)21/h3-8,20-21H,9H2,1-2H3. The third-order valence-corrected chi connectivity index (χ3v) is 6.37. The van der Waals surface area contributed by atoms with Crippen molar-refractivity contribution in [1.82, 2.24) is 9.29 Å². The highest BCUT2D eigenvalue weighted by molar-refractivity contribution is 7.99. The van der Waals surface area contributed by atoms with E-state index in [1.54, 1.807) is 0 Å².